The maximum Gasteiger partial charge on any atom is 0.119 e. The van der Waals surface area contributed by atoms with E-state index in [0.29, 0.717) is 0 Å². The highest BCUT2D eigenvalue weighted by atomic mass is 16.5. The van der Waals surface area contributed by atoms with E-state index in [1.807, 2.05) is 18.5 Å². The Morgan fingerprint density at radius 3 is 2.71 bits per heavy atom. The number of hydrogen-bond acceptors (Lipinski definition) is 3. The first-order valence-electron chi connectivity index (χ1n) is 7.53. The molecule has 21 heavy (non-hydrogen) atoms. The summed E-state index contributed by atoms with van der Waals surface area (Å²) in [6.07, 6.45) is 6.43. The number of nitrogens with zero attached hydrogens (tertiary/aromatic N) is 2. The molecule has 0 atom stereocenters. The lowest BCUT2D eigenvalue weighted by molar-refractivity contribution is 0.245. The van der Waals surface area contributed by atoms with Gasteiger partial charge in [0.15, 0.2) is 0 Å². The minimum absolute atomic E-state index is 0.728. The molecule has 0 spiro atoms. The van der Waals surface area contributed by atoms with E-state index in [1.165, 1.54) is 29.5 Å². The van der Waals surface area contributed by atoms with E-state index in [-0.39, 0.29) is 0 Å². The molecule has 0 bridgehead atoms. The fraction of sp³-hybridized carbons (Fsp3) is 0.389. The lowest BCUT2D eigenvalue weighted by Crippen LogP contribution is -2.25. The second-order valence-corrected chi connectivity index (χ2v) is 5.79. The van der Waals surface area contributed by atoms with Gasteiger partial charge in [-0.15, -0.1) is 0 Å². The van der Waals surface area contributed by atoms with Crippen LogP contribution in [0.5, 0.6) is 5.75 Å². The second-order valence-electron chi connectivity index (χ2n) is 5.79. The number of rotatable bonds is 6. The van der Waals surface area contributed by atoms with Crippen LogP contribution in [0.15, 0.2) is 42.7 Å². The smallest absolute Gasteiger partial charge is 0.119 e. The molecule has 1 aliphatic carbocycles. The number of benzene rings is 1. The highest BCUT2D eigenvalue weighted by molar-refractivity contribution is 5.34. The molecule has 1 aliphatic rings. The average molecular weight is 282 g/mol. The highest BCUT2D eigenvalue weighted by Crippen LogP contribution is 2.30. The quantitative estimate of drug-likeness (QED) is 0.810. The summed E-state index contributed by atoms with van der Waals surface area (Å²) in [5, 5.41) is 0. The lowest BCUT2D eigenvalue weighted by atomic mass is 10.1. The van der Waals surface area contributed by atoms with Crippen LogP contribution >= 0.6 is 0 Å². The van der Waals surface area contributed by atoms with E-state index in [9.17, 15) is 0 Å². The third kappa shape index (κ3) is 3.61. The largest absolute Gasteiger partial charge is 0.497 e. The number of methoxy groups -OCH3 is 1. The summed E-state index contributed by atoms with van der Waals surface area (Å²) in [4.78, 5) is 6.78. The lowest BCUT2D eigenvalue weighted by Gasteiger charge is -2.23. The molecule has 0 unspecified atom stereocenters. The van der Waals surface area contributed by atoms with Crippen molar-refractivity contribution in [3.63, 3.8) is 0 Å². The van der Waals surface area contributed by atoms with Gasteiger partial charge in [-0.05, 0) is 54.7 Å². The molecule has 0 amide bonds. The summed E-state index contributed by atoms with van der Waals surface area (Å²) >= 11 is 0. The van der Waals surface area contributed by atoms with Crippen molar-refractivity contribution >= 4 is 0 Å². The van der Waals surface area contributed by atoms with E-state index in [0.717, 1.165) is 24.9 Å². The summed E-state index contributed by atoms with van der Waals surface area (Å²) in [7, 11) is 1.72. The molecule has 0 radical (unpaired) electrons. The zero-order valence-electron chi connectivity index (χ0n) is 12.7. The second kappa shape index (κ2) is 6.27. The first-order valence-corrected chi connectivity index (χ1v) is 7.53. The Hall–Kier alpha value is -1.87. The van der Waals surface area contributed by atoms with Crippen molar-refractivity contribution in [2.45, 2.75) is 38.9 Å². The van der Waals surface area contributed by atoms with Gasteiger partial charge in [0.2, 0.25) is 0 Å². The van der Waals surface area contributed by atoms with Crippen LogP contribution in [0.1, 0.15) is 29.5 Å². The Kier molecular flexibility index (Phi) is 4.20. The molecule has 2 aromatic rings. The van der Waals surface area contributed by atoms with Crippen LogP contribution < -0.4 is 4.74 Å². The molecular formula is C18H22N2O. The molecule has 0 N–H and O–H groups in total. The zero-order chi connectivity index (χ0) is 14.7. The molecule has 1 saturated carbocycles. The third-order valence-corrected chi connectivity index (χ3v) is 4.09. The standard InChI is InChI=1S/C18H22N2O/c1-14-10-18(21-2)8-5-16(14)13-20(17-6-7-17)12-15-4-3-9-19-11-15/h3-5,8-11,17H,6-7,12-13H2,1-2H3. The van der Waals surface area contributed by atoms with Gasteiger partial charge in [-0.25, -0.2) is 0 Å². The Morgan fingerprint density at radius 2 is 2.10 bits per heavy atom. The van der Waals surface area contributed by atoms with Gasteiger partial charge in [-0.1, -0.05) is 12.1 Å². The molecule has 1 aromatic heterocycles. The minimum Gasteiger partial charge on any atom is -0.497 e. The summed E-state index contributed by atoms with van der Waals surface area (Å²) in [6, 6.07) is 11.3. The maximum absolute atomic E-state index is 5.29. The van der Waals surface area contributed by atoms with Gasteiger partial charge in [-0.2, -0.15) is 0 Å². The molecule has 1 heterocycles. The summed E-state index contributed by atoms with van der Waals surface area (Å²) in [5.41, 5.74) is 3.97. The average Bonchev–Trinajstić information content (AvgIpc) is 3.34. The van der Waals surface area contributed by atoms with Gasteiger partial charge in [0.25, 0.3) is 0 Å². The van der Waals surface area contributed by atoms with Crippen LogP contribution in [0.2, 0.25) is 0 Å². The predicted molar refractivity (Wildman–Crippen MR) is 84.2 cm³/mol. The SMILES string of the molecule is COc1ccc(CN(Cc2cccnc2)C2CC2)c(C)c1. The van der Waals surface area contributed by atoms with Crippen LogP contribution in [-0.4, -0.2) is 23.0 Å². The van der Waals surface area contributed by atoms with Crippen molar-refractivity contribution in [3.8, 4) is 5.75 Å². The fourth-order valence-corrected chi connectivity index (χ4v) is 2.67. The van der Waals surface area contributed by atoms with Crippen molar-refractivity contribution < 1.29 is 4.74 Å². The number of ether oxygens (including phenoxy) is 1. The van der Waals surface area contributed by atoms with Crippen LogP contribution in [0.4, 0.5) is 0 Å². The molecule has 0 aliphatic heterocycles. The molecule has 3 nitrogen and oxygen atoms in total. The van der Waals surface area contributed by atoms with Gasteiger partial charge >= 0.3 is 0 Å². The Morgan fingerprint density at radius 1 is 1.24 bits per heavy atom. The zero-order valence-corrected chi connectivity index (χ0v) is 12.7. The van der Waals surface area contributed by atoms with Crippen LogP contribution in [-0.2, 0) is 13.1 Å². The molecular weight excluding hydrogens is 260 g/mol. The molecule has 0 saturated heterocycles. The molecule has 110 valence electrons. The van der Waals surface area contributed by atoms with E-state index < -0.39 is 0 Å². The van der Waals surface area contributed by atoms with Crippen molar-refractivity contribution in [1.29, 1.82) is 0 Å². The molecule has 3 heteroatoms. The maximum atomic E-state index is 5.29. The molecule has 3 rings (SSSR count). The first-order chi connectivity index (χ1) is 10.3. The molecule has 1 fully saturated rings. The van der Waals surface area contributed by atoms with Crippen molar-refractivity contribution in [2.75, 3.05) is 7.11 Å². The van der Waals surface area contributed by atoms with E-state index in [2.05, 4.69) is 41.1 Å². The normalized spacial score (nSPS) is 14.4. The van der Waals surface area contributed by atoms with Gasteiger partial charge < -0.3 is 4.74 Å². The Bertz CT molecular complexity index is 593. The highest BCUT2D eigenvalue weighted by Gasteiger charge is 2.29. The number of pyridine rings is 1. The monoisotopic (exact) mass is 282 g/mol. The minimum atomic E-state index is 0.728. The van der Waals surface area contributed by atoms with Crippen LogP contribution in [0, 0.1) is 6.92 Å². The van der Waals surface area contributed by atoms with Gasteiger partial charge in [0.05, 0.1) is 7.11 Å². The number of hydrogen-bond donors (Lipinski definition) is 0. The van der Waals surface area contributed by atoms with Crippen molar-refractivity contribution in [2.24, 2.45) is 0 Å². The van der Waals surface area contributed by atoms with E-state index >= 15 is 0 Å². The fourth-order valence-electron chi connectivity index (χ4n) is 2.67. The Labute approximate surface area is 126 Å². The Balaban J connectivity index is 1.73. The topological polar surface area (TPSA) is 25.4 Å². The van der Waals surface area contributed by atoms with Crippen molar-refractivity contribution in [1.82, 2.24) is 9.88 Å². The van der Waals surface area contributed by atoms with Crippen LogP contribution in [0.3, 0.4) is 0 Å². The van der Waals surface area contributed by atoms with E-state index in [4.69, 9.17) is 4.74 Å². The molecule has 1 aromatic carbocycles. The van der Waals surface area contributed by atoms with Crippen LogP contribution in [0.25, 0.3) is 0 Å². The summed E-state index contributed by atoms with van der Waals surface area (Å²) < 4.78 is 5.29. The van der Waals surface area contributed by atoms with Gasteiger partial charge in [0.1, 0.15) is 5.75 Å². The predicted octanol–water partition coefficient (Wildman–Crippen LogP) is 3.56. The first kappa shape index (κ1) is 14.1. The van der Waals surface area contributed by atoms with Crippen molar-refractivity contribution in [3.05, 3.63) is 59.4 Å². The van der Waals surface area contributed by atoms with E-state index in [1.54, 1.807) is 7.11 Å². The number of aromatic nitrogens is 1. The summed E-state index contributed by atoms with van der Waals surface area (Å²) in [6.45, 7) is 4.13. The summed E-state index contributed by atoms with van der Waals surface area (Å²) in [5.74, 6) is 0.932. The number of aryl methyl sites for hydroxylation is 1. The van der Waals surface area contributed by atoms with Gasteiger partial charge in [0, 0.05) is 31.5 Å². The van der Waals surface area contributed by atoms with Gasteiger partial charge in [-0.3, -0.25) is 9.88 Å². The third-order valence-electron chi connectivity index (χ3n) is 4.09.